The second-order valence-electron chi connectivity index (χ2n) is 4.50. The average Bonchev–Trinajstić information content (AvgIpc) is 2.95. The number of nitrogens with zero attached hydrogens (tertiary/aromatic N) is 2. The molecule has 0 radical (unpaired) electrons. The Hall–Kier alpha value is -2.43. The first-order chi connectivity index (χ1) is 9.56. The lowest BCUT2D eigenvalue weighted by Gasteiger charge is -2.18. The molecule has 104 valence electrons. The van der Waals surface area contributed by atoms with Gasteiger partial charge in [-0.15, -0.1) is 0 Å². The molecule has 0 N–H and O–H groups in total. The van der Waals surface area contributed by atoms with Crippen molar-refractivity contribution in [3.8, 4) is 0 Å². The van der Waals surface area contributed by atoms with Crippen molar-refractivity contribution in [2.75, 3.05) is 7.11 Å². The lowest BCUT2D eigenvalue weighted by molar-refractivity contribution is 0.0587. The molecule has 0 aliphatic carbocycles. The molecule has 1 aromatic heterocycles. The van der Waals surface area contributed by atoms with Gasteiger partial charge in [-0.1, -0.05) is 24.3 Å². The number of rotatable bonds is 4. The Morgan fingerprint density at radius 2 is 2.00 bits per heavy atom. The topological polar surface area (TPSA) is 61.2 Å². The summed E-state index contributed by atoms with van der Waals surface area (Å²) < 4.78 is 6.43. The van der Waals surface area contributed by atoms with Crippen LogP contribution in [0.15, 0.2) is 36.8 Å². The number of aromatic nitrogens is 2. The lowest BCUT2D eigenvalue weighted by atomic mass is 9.98. The van der Waals surface area contributed by atoms with E-state index in [1.54, 1.807) is 17.0 Å². The molecule has 1 atom stereocenters. The summed E-state index contributed by atoms with van der Waals surface area (Å²) in [5, 5.41) is 0. The van der Waals surface area contributed by atoms with Gasteiger partial charge in [-0.2, -0.15) is 0 Å². The Bertz CT molecular complexity index is 646. The summed E-state index contributed by atoms with van der Waals surface area (Å²) >= 11 is 0. The van der Waals surface area contributed by atoms with Gasteiger partial charge >= 0.3 is 5.97 Å². The van der Waals surface area contributed by atoms with Crippen molar-refractivity contribution in [1.82, 2.24) is 9.55 Å². The Morgan fingerprint density at radius 3 is 2.65 bits per heavy atom. The standard InChI is InChI=1S/C15H16N2O3/c1-10(12-6-4-5-7-13(12)11(2)18)17-9-16-8-14(17)15(19)20-3/h4-10H,1-3H3. The fourth-order valence-electron chi connectivity index (χ4n) is 2.21. The maximum absolute atomic E-state index is 11.7. The molecule has 0 aliphatic heterocycles. The number of ketones is 1. The van der Waals surface area contributed by atoms with Crippen LogP contribution in [0.25, 0.3) is 0 Å². The summed E-state index contributed by atoms with van der Waals surface area (Å²) in [6, 6.07) is 7.16. The Balaban J connectivity index is 2.47. The van der Waals surface area contributed by atoms with E-state index in [-0.39, 0.29) is 11.8 Å². The van der Waals surface area contributed by atoms with Crippen LogP contribution in [0, 0.1) is 0 Å². The van der Waals surface area contributed by atoms with Gasteiger partial charge in [0, 0.05) is 5.56 Å². The Labute approximate surface area is 117 Å². The van der Waals surface area contributed by atoms with E-state index in [1.165, 1.54) is 20.2 Å². The molecule has 5 heteroatoms. The number of hydrogen-bond acceptors (Lipinski definition) is 4. The van der Waals surface area contributed by atoms with E-state index in [0.29, 0.717) is 11.3 Å². The fraction of sp³-hybridized carbons (Fsp3) is 0.267. The zero-order chi connectivity index (χ0) is 14.7. The molecule has 20 heavy (non-hydrogen) atoms. The average molecular weight is 272 g/mol. The molecular weight excluding hydrogens is 256 g/mol. The summed E-state index contributed by atoms with van der Waals surface area (Å²) in [7, 11) is 1.33. The predicted molar refractivity (Wildman–Crippen MR) is 73.8 cm³/mol. The SMILES string of the molecule is COC(=O)c1cncn1C(C)c1ccccc1C(C)=O. The smallest absolute Gasteiger partial charge is 0.356 e. The van der Waals surface area contributed by atoms with Crippen LogP contribution in [-0.2, 0) is 4.74 Å². The highest BCUT2D eigenvalue weighted by Crippen LogP contribution is 2.23. The van der Waals surface area contributed by atoms with Gasteiger partial charge in [0.25, 0.3) is 0 Å². The van der Waals surface area contributed by atoms with E-state index in [4.69, 9.17) is 4.74 Å². The number of Topliss-reactive ketones (excluding diaryl/α,β-unsaturated/α-hetero) is 1. The van der Waals surface area contributed by atoms with Crippen molar-refractivity contribution >= 4 is 11.8 Å². The van der Waals surface area contributed by atoms with Gasteiger partial charge in [-0.25, -0.2) is 9.78 Å². The zero-order valence-electron chi connectivity index (χ0n) is 11.7. The Morgan fingerprint density at radius 1 is 1.30 bits per heavy atom. The normalized spacial score (nSPS) is 11.9. The van der Waals surface area contributed by atoms with Crippen molar-refractivity contribution in [3.05, 3.63) is 53.6 Å². The number of imidazole rings is 1. The van der Waals surface area contributed by atoms with Crippen molar-refractivity contribution in [2.45, 2.75) is 19.9 Å². The van der Waals surface area contributed by atoms with Crippen LogP contribution < -0.4 is 0 Å². The van der Waals surface area contributed by atoms with Crippen LogP contribution in [0.5, 0.6) is 0 Å². The molecule has 1 aromatic carbocycles. The number of carbonyl (C=O) groups is 2. The van der Waals surface area contributed by atoms with E-state index >= 15 is 0 Å². The van der Waals surface area contributed by atoms with Gasteiger partial charge in [0.1, 0.15) is 5.69 Å². The third kappa shape index (κ3) is 2.47. The van der Waals surface area contributed by atoms with Crippen LogP contribution in [0.4, 0.5) is 0 Å². The van der Waals surface area contributed by atoms with Crippen LogP contribution in [0.1, 0.15) is 46.3 Å². The van der Waals surface area contributed by atoms with Gasteiger partial charge in [0.05, 0.1) is 25.7 Å². The molecule has 0 fully saturated rings. The van der Waals surface area contributed by atoms with Crippen LogP contribution in [0.2, 0.25) is 0 Å². The van der Waals surface area contributed by atoms with E-state index < -0.39 is 5.97 Å². The van der Waals surface area contributed by atoms with Gasteiger partial charge in [-0.3, -0.25) is 4.79 Å². The van der Waals surface area contributed by atoms with Crippen LogP contribution in [-0.4, -0.2) is 28.4 Å². The highest BCUT2D eigenvalue weighted by Gasteiger charge is 2.20. The van der Waals surface area contributed by atoms with Gasteiger partial charge < -0.3 is 9.30 Å². The van der Waals surface area contributed by atoms with Crippen molar-refractivity contribution in [2.24, 2.45) is 0 Å². The Kier molecular flexibility index (Phi) is 3.98. The number of benzene rings is 1. The van der Waals surface area contributed by atoms with E-state index in [2.05, 4.69) is 4.98 Å². The van der Waals surface area contributed by atoms with Crippen LogP contribution >= 0.6 is 0 Å². The molecule has 0 saturated carbocycles. The van der Waals surface area contributed by atoms with E-state index in [9.17, 15) is 9.59 Å². The first-order valence-corrected chi connectivity index (χ1v) is 6.26. The molecule has 0 amide bonds. The second-order valence-corrected chi connectivity index (χ2v) is 4.50. The highest BCUT2D eigenvalue weighted by molar-refractivity contribution is 5.95. The summed E-state index contributed by atoms with van der Waals surface area (Å²) in [6.45, 7) is 3.44. The molecule has 0 spiro atoms. The molecule has 0 bridgehead atoms. The summed E-state index contributed by atoms with van der Waals surface area (Å²) in [5.41, 5.74) is 1.85. The third-order valence-corrected chi connectivity index (χ3v) is 3.27. The summed E-state index contributed by atoms with van der Waals surface area (Å²) in [6.07, 6.45) is 3.02. The first-order valence-electron chi connectivity index (χ1n) is 6.26. The minimum absolute atomic E-state index is 0.00724. The lowest BCUT2D eigenvalue weighted by Crippen LogP contribution is -2.16. The number of methoxy groups -OCH3 is 1. The molecule has 5 nitrogen and oxygen atoms in total. The van der Waals surface area contributed by atoms with Gasteiger partial charge in [-0.05, 0) is 19.4 Å². The zero-order valence-corrected chi connectivity index (χ0v) is 11.7. The molecule has 0 saturated heterocycles. The van der Waals surface area contributed by atoms with Crippen molar-refractivity contribution in [3.63, 3.8) is 0 Å². The predicted octanol–water partition coefficient (Wildman–Crippen LogP) is 2.48. The van der Waals surface area contributed by atoms with Gasteiger partial charge in [0.15, 0.2) is 5.78 Å². The van der Waals surface area contributed by atoms with E-state index in [1.807, 2.05) is 25.1 Å². The van der Waals surface area contributed by atoms with Crippen molar-refractivity contribution < 1.29 is 14.3 Å². The maximum Gasteiger partial charge on any atom is 0.356 e. The first kappa shape index (κ1) is 14.0. The number of ether oxygens (including phenoxy) is 1. The molecular formula is C15H16N2O3. The molecule has 2 rings (SSSR count). The van der Waals surface area contributed by atoms with E-state index in [0.717, 1.165) is 5.56 Å². The number of hydrogen-bond donors (Lipinski definition) is 0. The molecule has 0 aliphatic rings. The maximum atomic E-state index is 11.7. The summed E-state index contributed by atoms with van der Waals surface area (Å²) in [5.74, 6) is -0.457. The van der Waals surface area contributed by atoms with Crippen LogP contribution in [0.3, 0.4) is 0 Å². The number of esters is 1. The summed E-state index contributed by atoms with van der Waals surface area (Å²) in [4.78, 5) is 27.4. The minimum Gasteiger partial charge on any atom is -0.464 e. The van der Waals surface area contributed by atoms with Crippen molar-refractivity contribution in [1.29, 1.82) is 0 Å². The monoisotopic (exact) mass is 272 g/mol. The fourth-order valence-corrected chi connectivity index (χ4v) is 2.21. The minimum atomic E-state index is -0.449. The quantitative estimate of drug-likeness (QED) is 0.633. The third-order valence-electron chi connectivity index (χ3n) is 3.27. The number of carbonyl (C=O) groups excluding carboxylic acids is 2. The molecule has 1 heterocycles. The van der Waals surface area contributed by atoms with Gasteiger partial charge in [0.2, 0.25) is 0 Å². The molecule has 1 unspecified atom stereocenters. The second kappa shape index (κ2) is 5.69. The molecule has 2 aromatic rings. The largest absolute Gasteiger partial charge is 0.464 e. The highest BCUT2D eigenvalue weighted by atomic mass is 16.5.